The van der Waals surface area contributed by atoms with Gasteiger partial charge in [-0.05, 0) is 37.6 Å². The van der Waals surface area contributed by atoms with Gasteiger partial charge in [-0.1, -0.05) is 77.7 Å². The molecule has 0 aromatic carbocycles. The van der Waals surface area contributed by atoms with Crippen LogP contribution in [0.5, 0.6) is 0 Å². The number of unbranched alkanes of at least 4 members (excludes halogenated alkanes) is 2. The smallest absolute Gasteiger partial charge is 0.407 e. The van der Waals surface area contributed by atoms with Crippen LogP contribution in [-0.4, -0.2) is 20.3 Å². The minimum absolute atomic E-state index is 0.0870. The fraction of sp³-hybridized carbons (Fsp3) is 0.900. The van der Waals surface area contributed by atoms with E-state index < -0.39 is 0 Å². The summed E-state index contributed by atoms with van der Waals surface area (Å²) in [7, 11) is -0.0870. The van der Waals surface area contributed by atoms with Crippen molar-refractivity contribution in [3.8, 4) is 0 Å². The fourth-order valence-corrected chi connectivity index (χ4v) is 3.07. The highest BCUT2D eigenvalue weighted by Gasteiger charge is 2.23. The predicted molar refractivity (Wildman–Crippen MR) is 102 cm³/mol. The van der Waals surface area contributed by atoms with Crippen molar-refractivity contribution in [3.63, 3.8) is 0 Å². The Morgan fingerprint density at radius 1 is 0.783 bits per heavy atom. The van der Waals surface area contributed by atoms with Gasteiger partial charge in [-0.15, -0.1) is 0 Å². The molecular formula is C20H39BO2. The summed E-state index contributed by atoms with van der Waals surface area (Å²) in [6, 6.07) is 0. The van der Waals surface area contributed by atoms with E-state index in [1.165, 1.54) is 76.1 Å². The third kappa shape index (κ3) is 11.0. The molecule has 1 aliphatic carbocycles. The molecule has 0 saturated heterocycles. The Kier molecular flexibility index (Phi) is 13.8. The zero-order valence-electron chi connectivity index (χ0n) is 15.8. The number of hydrogen-bond donors (Lipinski definition) is 0. The Hall–Kier alpha value is -0.275. The monoisotopic (exact) mass is 322 g/mol. The fourth-order valence-electron chi connectivity index (χ4n) is 3.07. The quantitative estimate of drug-likeness (QED) is 0.357. The Balaban J connectivity index is 2.57. The molecule has 0 N–H and O–H groups in total. The van der Waals surface area contributed by atoms with Crippen LogP contribution < -0.4 is 0 Å². The maximum absolute atomic E-state index is 6.10. The summed E-state index contributed by atoms with van der Waals surface area (Å²) in [5, 5.41) is 0. The van der Waals surface area contributed by atoms with Gasteiger partial charge in [0.15, 0.2) is 0 Å². The Labute approximate surface area is 145 Å². The van der Waals surface area contributed by atoms with Crippen LogP contribution in [0, 0.1) is 0 Å². The molecule has 0 bridgehead atoms. The first-order valence-corrected chi connectivity index (χ1v) is 10.3. The highest BCUT2D eigenvalue weighted by molar-refractivity contribution is 6.53. The molecule has 0 amide bonds. The van der Waals surface area contributed by atoms with Crippen LogP contribution in [0.4, 0.5) is 0 Å². The highest BCUT2D eigenvalue weighted by Crippen LogP contribution is 2.20. The molecular weight excluding hydrogens is 283 g/mol. The lowest BCUT2D eigenvalue weighted by molar-refractivity contribution is 0.197. The molecule has 134 valence electrons. The van der Waals surface area contributed by atoms with Gasteiger partial charge in [-0.2, -0.15) is 0 Å². The second kappa shape index (κ2) is 15.3. The van der Waals surface area contributed by atoms with Crippen molar-refractivity contribution in [3.05, 3.63) is 11.5 Å². The molecule has 3 heteroatoms. The van der Waals surface area contributed by atoms with Crippen molar-refractivity contribution in [2.75, 3.05) is 13.2 Å². The summed E-state index contributed by atoms with van der Waals surface area (Å²) >= 11 is 0. The van der Waals surface area contributed by atoms with E-state index in [0.717, 1.165) is 32.5 Å². The molecule has 0 unspecified atom stereocenters. The standard InChI is InChI=1S/C20H39BO2/c1-3-5-18-22-21(23-19-6-4-2)20-16-14-12-10-8-7-9-11-13-15-17-20/h16H,3-15,17-19H2,1-2H3/b20-16+. The van der Waals surface area contributed by atoms with Crippen molar-refractivity contribution in [2.45, 2.75) is 104 Å². The molecule has 0 saturated carbocycles. The molecule has 2 nitrogen and oxygen atoms in total. The summed E-state index contributed by atoms with van der Waals surface area (Å²) < 4.78 is 12.2. The molecule has 0 heterocycles. The van der Waals surface area contributed by atoms with E-state index in [9.17, 15) is 0 Å². The third-order valence-corrected chi connectivity index (χ3v) is 4.66. The number of allylic oxidation sites excluding steroid dienone is 2. The van der Waals surface area contributed by atoms with E-state index in [4.69, 9.17) is 9.31 Å². The first kappa shape index (κ1) is 20.8. The normalized spacial score (nSPS) is 20.2. The molecule has 0 aliphatic heterocycles. The van der Waals surface area contributed by atoms with E-state index in [0.29, 0.717) is 0 Å². The van der Waals surface area contributed by atoms with E-state index in [1.54, 1.807) is 0 Å². The van der Waals surface area contributed by atoms with Crippen LogP contribution in [0.3, 0.4) is 0 Å². The van der Waals surface area contributed by atoms with Gasteiger partial charge < -0.3 is 9.31 Å². The first-order valence-electron chi connectivity index (χ1n) is 10.3. The van der Waals surface area contributed by atoms with Crippen molar-refractivity contribution < 1.29 is 9.31 Å². The first-order chi connectivity index (χ1) is 11.4. The Bertz CT molecular complexity index is 281. The molecule has 1 aliphatic rings. The highest BCUT2D eigenvalue weighted by atomic mass is 16.6. The maximum atomic E-state index is 6.10. The van der Waals surface area contributed by atoms with Crippen LogP contribution in [-0.2, 0) is 9.31 Å². The van der Waals surface area contributed by atoms with Crippen molar-refractivity contribution in [2.24, 2.45) is 0 Å². The van der Waals surface area contributed by atoms with Gasteiger partial charge in [0.2, 0.25) is 0 Å². The maximum Gasteiger partial charge on any atom is 0.489 e. The van der Waals surface area contributed by atoms with E-state index in [2.05, 4.69) is 19.9 Å². The van der Waals surface area contributed by atoms with Crippen LogP contribution in [0.25, 0.3) is 0 Å². The van der Waals surface area contributed by atoms with Crippen LogP contribution in [0.15, 0.2) is 11.5 Å². The molecule has 0 fully saturated rings. The van der Waals surface area contributed by atoms with E-state index in [-0.39, 0.29) is 7.12 Å². The zero-order valence-corrected chi connectivity index (χ0v) is 15.8. The van der Waals surface area contributed by atoms with Gasteiger partial charge in [0.05, 0.1) is 0 Å². The lowest BCUT2D eigenvalue weighted by Gasteiger charge is -2.18. The summed E-state index contributed by atoms with van der Waals surface area (Å²) in [5.41, 5.74) is 1.41. The van der Waals surface area contributed by atoms with Gasteiger partial charge in [0.1, 0.15) is 0 Å². The SMILES string of the molecule is CCCCOB(OCCCC)/C1=C/CCCCCCCCCC1. The van der Waals surface area contributed by atoms with Gasteiger partial charge in [0, 0.05) is 13.2 Å². The topological polar surface area (TPSA) is 18.5 Å². The van der Waals surface area contributed by atoms with Crippen LogP contribution in [0.1, 0.15) is 104 Å². The van der Waals surface area contributed by atoms with E-state index in [1.807, 2.05) is 0 Å². The van der Waals surface area contributed by atoms with Gasteiger partial charge in [0.25, 0.3) is 0 Å². The Morgan fingerprint density at radius 3 is 1.87 bits per heavy atom. The average molecular weight is 322 g/mol. The molecule has 0 radical (unpaired) electrons. The summed E-state index contributed by atoms with van der Waals surface area (Å²) in [6.07, 6.45) is 20.4. The lowest BCUT2D eigenvalue weighted by atomic mass is 9.74. The Morgan fingerprint density at radius 2 is 1.30 bits per heavy atom. The third-order valence-electron chi connectivity index (χ3n) is 4.66. The van der Waals surface area contributed by atoms with Crippen LogP contribution in [0.2, 0.25) is 0 Å². The van der Waals surface area contributed by atoms with Crippen LogP contribution >= 0.6 is 0 Å². The molecule has 0 aromatic rings. The minimum atomic E-state index is -0.0870. The predicted octanol–water partition coefficient (Wildman–Crippen LogP) is 6.49. The minimum Gasteiger partial charge on any atom is -0.407 e. The van der Waals surface area contributed by atoms with Crippen molar-refractivity contribution in [1.29, 1.82) is 0 Å². The molecule has 0 atom stereocenters. The summed E-state index contributed by atoms with van der Waals surface area (Å²) in [6.45, 7) is 6.08. The summed E-state index contributed by atoms with van der Waals surface area (Å²) in [4.78, 5) is 0. The van der Waals surface area contributed by atoms with E-state index >= 15 is 0 Å². The lowest BCUT2D eigenvalue weighted by Crippen LogP contribution is -2.27. The summed E-state index contributed by atoms with van der Waals surface area (Å²) in [5.74, 6) is 0. The molecule has 1 rings (SSSR count). The van der Waals surface area contributed by atoms with Gasteiger partial charge in [-0.25, -0.2) is 0 Å². The average Bonchev–Trinajstić information content (AvgIpc) is 2.55. The van der Waals surface area contributed by atoms with Gasteiger partial charge >= 0.3 is 7.12 Å². The van der Waals surface area contributed by atoms with Crippen molar-refractivity contribution in [1.82, 2.24) is 0 Å². The second-order valence-corrected chi connectivity index (χ2v) is 6.93. The molecule has 23 heavy (non-hydrogen) atoms. The number of rotatable bonds is 9. The number of hydrogen-bond acceptors (Lipinski definition) is 2. The van der Waals surface area contributed by atoms with Crippen molar-refractivity contribution >= 4 is 7.12 Å². The molecule has 0 spiro atoms. The zero-order chi connectivity index (χ0) is 16.6. The largest absolute Gasteiger partial charge is 0.489 e. The molecule has 0 aromatic heterocycles. The van der Waals surface area contributed by atoms with Gasteiger partial charge in [-0.3, -0.25) is 0 Å². The second-order valence-electron chi connectivity index (χ2n) is 6.93.